The van der Waals surface area contributed by atoms with Gasteiger partial charge >= 0.3 is 5.97 Å². The highest BCUT2D eigenvalue weighted by Crippen LogP contribution is 2.28. The van der Waals surface area contributed by atoms with Gasteiger partial charge in [0.1, 0.15) is 18.5 Å². The van der Waals surface area contributed by atoms with Crippen LogP contribution in [0.1, 0.15) is 60.5 Å². The van der Waals surface area contributed by atoms with Crippen LogP contribution in [0.2, 0.25) is 0 Å². The molecule has 1 aliphatic rings. The molecule has 0 bridgehead atoms. The van der Waals surface area contributed by atoms with Crippen molar-refractivity contribution in [2.75, 3.05) is 6.54 Å². The summed E-state index contributed by atoms with van der Waals surface area (Å²) in [5, 5.41) is 28.1. The Balaban J connectivity index is 1.45. The molecule has 1 unspecified atom stereocenters. The second kappa shape index (κ2) is 10.8. The van der Waals surface area contributed by atoms with Crippen molar-refractivity contribution in [2.45, 2.75) is 51.9 Å². The monoisotopic (exact) mass is 507 g/mol. The minimum atomic E-state index is -1.18. The minimum absolute atomic E-state index is 0.0647. The Labute approximate surface area is 213 Å². The highest BCUT2D eigenvalue weighted by atomic mass is 16.4. The average molecular weight is 508 g/mol. The lowest BCUT2D eigenvalue weighted by molar-refractivity contribution is -0.140. The molecule has 3 N–H and O–H groups in total. The van der Waals surface area contributed by atoms with Gasteiger partial charge in [-0.1, -0.05) is 38.1 Å². The molecule has 2 aromatic carbocycles. The number of imide groups is 1. The van der Waals surface area contributed by atoms with Gasteiger partial charge in [-0.25, -0.2) is 4.68 Å². The molecule has 2 heterocycles. The molecule has 3 aromatic rings. The van der Waals surface area contributed by atoms with E-state index in [4.69, 9.17) is 0 Å². The summed E-state index contributed by atoms with van der Waals surface area (Å²) in [7, 11) is 0. The Kier molecular flexibility index (Phi) is 7.58. The molecule has 194 valence electrons. The topological polar surface area (TPSA) is 159 Å². The van der Waals surface area contributed by atoms with E-state index in [1.807, 2.05) is 38.1 Å². The number of aromatic nitrogens is 4. The molecular formula is C25H29N7O5. The fourth-order valence-electron chi connectivity index (χ4n) is 4.40. The maximum Gasteiger partial charge on any atom is 0.320 e. The van der Waals surface area contributed by atoms with Crippen LogP contribution in [0.3, 0.4) is 0 Å². The Morgan fingerprint density at radius 2 is 1.62 bits per heavy atom. The van der Waals surface area contributed by atoms with E-state index in [9.17, 15) is 24.3 Å². The van der Waals surface area contributed by atoms with Crippen LogP contribution in [0.4, 0.5) is 0 Å². The van der Waals surface area contributed by atoms with Gasteiger partial charge in [-0.05, 0) is 59.0 Å². The van der Waals surface area contributed by atoms with Gasteiger partial charge in [-0.3, -0.25) is 29.4 Å². The molecule has 1 aliphatic heterocycles. The van der Waals surface area contributed by atoms with E-state index in [0.29, 0.717) is 17.5 Å². The zero-order valence-electron chi connectivity index (χ0n) is 20.8. The number of carbonyl (C=O) groups is 4. The van der Waals surface area contributed by atoms with Crippen LogP contribution >= 0.6 is 0 Å². The van der Waals surface area contributed by atoms with Crippen LogP contribution in [0.25, 0.3) is 10.8 Å². The van der Waals surface area contributed by atoms with Gasteiger partial charge in [0, 0.05) is 6.54 Å². The number of carbonyl (C=O) groups excluding carboxylic acids is 3. The van der Waals surface area contributed by atoms with Gasteiger partial charge in [0.05, 0.1) is 17.2 Å². The number of benzene rings is 2. The molecule has 0 saturated heterocycles. The zero-order valence-corrected chi connectivity index (χ0v) is 20.8. The van der Waals surface area contributed by atoms with Crippen molar-refractivity contribution in [2.24, 2.45) is 5.92 Å². The van der Waals surface area contributed by atoms with Crippen LogP contribution in [0.15, 0.2) is 42.7 Å². The predicted octanol–water partition coefficient (Wildman–Crippen LogP) is 1.60. The van der Waals surface area contributed by atoms with Crippen LogP contribution in [0.5, 0.6) is 0 Å². The van der Waals surface area contributed by atoms with Crippen LogP contribution in [-0.4, -0.2) is 72.5 Å². The van der Waals surface area contributed by atoms with Gasteiger partial charge < -0.3 is 10.4 Å². The van der Waals surface area contributed by atoms with Crippen molar-refractivity contribution < 1.29 is 24.3 Å². The number of aliphatic carboxylic acids is 1. The van der Waals surface area contributed by atoms with E-state index in [1.54, 1.807) is 19.1 Å². The maximum atomic E-state index is 13.0. The van der Waals surface area contributed by atoms with Crippen LogP contribution in [-0.2, 0) is 9.59 Å². The van der Waals surface area contributed by atoms with Crippen molar-refractivity contribution >= 4 is 34.5 Å². The minimum Gasteiger partial charge on any atom is -0.480 e. The van der Waals surface area contributed by atoms with Crippen molar-refractivity contribution in [1.82, 2.24) is 35.7 Å². The number of carboxylic acids is 1. The van der Waals surface area contributed by atoms with E-state index in [1.165, 1.54) is 11.0 Å². The third-order valence-electron chi connectivity index (χ3n) is 6.32. The third kappa shape index (κ3) is 5.64. The van der Waals surface area contributed by atoms with Crippen molar-refractivity contribution in [1.29, 1.82) is 0 Å². The molecule has 4 rings (SSSR count). The number of tetrazole rings is 1. The van der Waals surface area contributed by atoms with Crippen LogP contribution in [0, 0.1) is 5.92 Å². The van der Waals surface area contributed by atoms with Crippen LogP contribution < -0.4 is 10.6 Å². The third-order valence-corrected chi connectivity index (χ3v) is 6.32. The summed E-state index contributed by atoms with van der Waals surface area (Å²) in [4.78, 5) is 52.2. The van der Waals surface area contributed by atoms with Crippen molar-refractivity contribution in [3.8, 4) is 0 Å². The number of fused-ring (bicyclic) bond motifs is 2. The summed E-state index contributed by atoms with van der Waals surface area (Å²) in [5.41, 5.74) is 0.606. The molecule has 0 aliphatic carbocycles. The van der Waals surface area contributed by atoms with Gasteiger partial charge in [0.25, 0.3) is 11.8 Å². The average Bonchev–Trinajstić information content (AvgIpc) is 3.47. The Hall–Kier alpha value is -4.19. The standard InChI is InChI=1S/C25H29N7O5/c1-14(2)10-21(22(33)27-15(3)32-13-26-29-30-32)28-20(25(36)37)8-9-31-23(34)18-11-16-6-4-5-7-17(16)12-19(18)24(31)35/h4-7,11-15,20-21,28H,8-10H2,1-3H3,(H,27,33)(H,36,37)/t15?,20-,21+/m1/s1. The molecule has 3 amide bonds. The first kappa shape index (κ1) is 25.9. The highest BCUT2D eigenvalue weighted by molar-refractivity contribution is 6.23. The normalized spacial score (nSPS) is 15.6. The van der Waals surface area contributed by atoms with E-state index in [-0.39, 0.29) is 18.9 Å². The first-order valence-electron chi connectivity index (χ1n) is 12.1. The number of carboxylic acid groups (broad SMARTS) is 1. The first-order valence-corrected chi connectivity index (χ1v) is 12.1. The van der Waals surface area contributed by atoms with Crippen molar-refractivity contribution in [3.63, 3.8) is 0 Å². The Bertz CT molecular complexity index is 1270. The quantitative estimate of drug-likeness (QED) is 0.328. The maximum absolute atomic E-state index is 13.0. The number of hydrogen-bond acceptors (Lipinski definition) is 8. The molecule has 12 heteroatoms. The summed E-state index contributed by atoms with van der Waals surface area (Å²) < 4.78 is 1.37. The molecule has 0 spiro atoms. The lowest BCUT2D eigenvalue weighted by atomic mass is 10.0. The van der Waals surface area contributed by atoms with Gasteiger partial charge in [-0.2, -0.15) is 0 Å². The molecule has 0 fully saturated rings. The molecule has 1 aromatic heterocycles. The molecular weight excluding hydrogens is 478 g/mol. The van der Waals surface area contributed by atoms with E-state index >= 15 is 0 Å². The zero-order chi connectivity index (χ0) is 26.7. The fourth-order valence-corrected chi connectivity index (χ4v) is 4.40. The molecule has 0 radical (unpaired) electrons. The lowest BCUT2D eigenvalue weighted by Crippen LogP contribution is -2.53. The largest absolute Gasteiger partial charge is 0.480 e. The molecule has 12 nitrogen and oxygen atoms in total. The summed E-state index contributed by atoms with van der Waals surface area (Å²) in [5.74, 6) is -2.41. The SMILES string of the molecule is CC(C)C[C@H](N[C@H](CCN1C(=O)c2cc3ccccc3cc2C1=O)C(=O)O)C(=O)NC(C)n1cnnn1. The van der Waals surface area contributed by atoms with E-state index < -0.39 is 41.9 Å². The number of rotatable bonds is 11. The number of nitrogens with zero attached hydrogens (tertiary/aromatic N) is 5. The van der Waals surface area contributed by atoms with Gasteiger partial charge in [0.15, 0.2) is 0 Å². The molecule has 37 heavy (non-hydrogen) atoms. The fraction of sp³-hybridized carbons (Fsp3) is 0.400. The second-order valence-electron chi connectivity index (χ2n) is 9.51. The molecule has 3 atom stereocenters. The smallest absolute Gasteiger partial charge is 0.320 e. The Morgan fingerprint density at radius 3 is 2.14 bits per heavy atom. The molecule has 0 saturated carbocycles. The number of hydrogen-bond donors (Lipinski definition) is 3. The highest BCUT2D eigenvalue weighted by Gasteiger charge is 2.37. The lowest BCUT2D eigenvalue weighted by Gasteiger charge is -2.26. The summed E-state index contributed by atoms with van der Waals surface area (Å²) in [6, 6.07) is 8.81. The van der Waals surface area contributed by atoms with Gasteiger partial charge in [0.2, 0.25) is 5.91 Å². The van der Waals surface area contributed by atoms with Crippen molar-refractivity contribution in [3.05, 3.63) is 53.9 Å². The first-order chi connectivity index (χ1) is 17.7. The summed E-state index contributed by atoms with van der Waals surface area (Å²) in [6.07, 6.45) is 1.12. The summed E-state index contributed by atoms with van der Waals surface area (Å²) in [6.45, 7) is 5.43. The van der Waals surface area contributed by atoms with E-state index in [2.05, 4.69) is 26.2 Å². The van der Waals surface area contributed by atoms with E-state index in [0.717, 1.165) is 15.7 Å². The summed E-state index contributed by atoms with van der Waals surface area (Å²) >= 11 is 0. The number of nitrogens with one attached hydrogen (secondary N) is 2. The number of amides is 3. The second-order valence-corrected chi connectivity index (χ2v) is 9.51. The van der Waals surface area contributed by atoms with Gasteiger partial charge in [-0.15, -0.1) is 5.10 Å². The predicted molar refractivity (Wildman–Crippen MR) is 132 cm³/mol. The Morgan fingerprint density at radius 1 is 1.00 bits per heavy atom.